The molecule has 4 nitrogen and oxygen atoms in total. The van der Waals surface area contributed by atoms with Crippen LogP contribution in [0.2, 0.25) is 0 Å². The Bertz CT molecular complexity index is 3040. The first kappa shape index (κ1) is 35.2. The van der Waals surface area contributed by atoms with E-state index in [1.165, 1.54) is 38.6 Å². The highest BCUT2D eigenvalue weighted by Gasteiger charge is 2.46. The first-order valence-corrected chi connectivity index (χ1v) is 20.4. The van der Waals surface area contributed by atoms with Gasteiger partial charge >= 0.3 is 0 Å². The fourth-order valence-corrected chi connectivity index (χ4v) is 9.05. The topological polar surface area (TPSA) is 41.9 Å². The Balaban J connectivity index is 1.10. The average Bonchev–Trinajstić information content (AvgIpc) is 3.64. The van der Waals surface area contributed by atoms with Gasteiger partial charge in [-0.05, 0) is 86.6 Å². The van der Waals surface area contributed by atoms with E-state index >= 15 is 0 Å². The number of fused-ring (bicyclic) bond motifs is 4. The molecule has 1 heterocycles. The third-order valence-corrected chi connectivity index (χ3v) is 11.8. The number of anilines is 3. The Morgan fingerprint density at radius 2 is 0.767 bits per heavy atom. The lowest BCUT2D eigenvalue weighted by Gasteiger charge is -2.34. The summed E-state index contributed by atoms with van der Waals surface area (Å²) in [5.41, 5.74) is 12.8. The van der Waals surface area contributed by atoms with Crippen LogP contribution in [-0.2, 0) is 5.41 Å². The molecule has 0 unspecified atom stereocenters. The second-order valence-corrected chi connectivity index (χ2v) is 15.2. The molecule has 1 aromatic heterocycles. The third kappa shape index (κ3) is 5.97. The molecule has 0 saturated heterocycles. The van der Waals surface area contributed by atoms with Gasteiger partial charge in [0, 0.05) is 33.8 Å². The molecule has 0 aliphatic heterocycles. The lowest BCUT2D eigenvalue weighted by molar-refractivity contribution is 0.768. The Kier molecular flexibility index (Phi) is 8.67. The summed E-state index contributed by atoms with van der Waals surface area (Å²) in [4.78, 5) is 17.6. The molecule has 0 atom stereocenters. The largest absolute Gasteiger partial charge is 0.310 e. The van der Waals surface area contributed by atoms with Crippen molar-refractivity contribution in [3.05, 3.63) is 253 Å². The first-order valence-electron chi connectivity index (χ1n) is 20.4. The molecule has 0 bridgehead atoms. The molecule has 0 amide bonds. The molecule has 0 fully saturated rings. The number of rotatable bonds is 8. The first-order chi connectivity index (χ1) is 29.7. The van der Waals surface area contributed by atoms with Crippen molar-refractivity contribution in [2.24, 2.45) is 0 Å². The zero-order valence-electron chi connectivity index (χ0n) is 32.7. The molecule has 11 rings (SSSR count). The predicted molar refractivity (Wildman–Crippen MR) is 246 cm³/mol. The lowest BCUT2D eigenvalue weighted by atomic mass is 9.67. The zero-order valence-corrected chi connectivity index (χ0v) is 32.7. The summed E-state index contributed by atoms with van der Waals surface area (Å²) >= 11 is 0. The number of aromatic nitrogens is 3. The van der Waals surface area contributed by atoms with E-state index in [4.69, 9.17) is 15.0 Å². The quantitative estimate of drug-likeness (QED) is 0.154. The molecule has 9 aromatic carbocycles. The molecule has 282 valence electrons. The summed E-state index contributed by atoms with van der Waals surface area (Å²) < 4.78 is 0. The molecule has 4 heteroatoms. The van der Waals surface area contributed by atoms with Gasteiger partial charge < -0.3 is 4.90 Å². The van der Waals surface area contributed by atoms with Crippen LogP contribution in [0.15, 0.2) is 231 Å². The Morgan fingerprint density at radius 3 is 1.38 bits per heavy atom. The second-order valence-electron chi connectivity index (χ2n) is 15.2. The van der Waals surface area contributed by atoms with Crippen LogP contribution < -0.4 is 4.90 Å². The van der Waals surface area contributed by atoms with Crippen LogP contribution in [0, 0.1) is 0 Å². The predicted octanol–water partition coefficient (Wildman–Crippen LogP) is 13.9. The van der Waals surface area contributed by atoms with Crippen molar-refractivity contribution in [3.8, 4) is 45.3 Å². The van der Waals surface area contributed by atoms with E-state index in [1.807, 2.05) is 60.7 Å². The standard InChI is InChI=1S/C56H38N4/c1-4-18-40(19-5-1)53-57-54(41-20-6-2-7-21-41)59-55(58-53)43-23-16-24-45(37-43)56(51-29-14-12-27-49(51)50-28-13-15-30-52(50)56)44-32-35-47(36-33-44)60(46-25-8-3-9-26-46)48-34-31-39-17-10-11-22-42(39)38-48/h1-38H. The molecular weight excluding hydrogens is 729 g/mol. The van der Waals surface area contributed by atoms with Crippen molar-refractivity contribution in [1.82, 2.24) is 15.0 Å². The van der Waals surface area contributed by atoms with E-state index < -0.39 is 5.41 Å². The molecule has 1 aliphatic rings. The molecular formula is C56H38N4. The summed E-state index contributed by atoms with van der Waals surface area (Å²) in [6.45, 7) is 0. The number of benzene rings is 9. The van der Waals surface area contributed by atoms with Crippen LogP contribution in [0.25, 0.3) is 56.1 Å². The highest BCUT2D eigenvalue weighted by atomic mass is 15.1. The fourth-order valence-electron chi connectivity index (χ4n) is 9.05. The third-order valence-electron chi connectivity index (χ3n) is 11.8. The van der Waals surface area contributed by atoms with Gasteiger partial charge in [-0.15, -0.1) is 0 Å². The molecule has 60 heavy (non-hydrogen) atoms. The van der Waals surface area contributed by atoms with Crippen molar-refractivity contribution < 1.29 is 0 Å². The highest BCUT2D eigenvalue weighted by molar-refractivity contribution is 5.90. The number of hydrogen-bond acceptors (Lipinski definition) is 4. The van der Waals surface area contributed by atoms with E-state index in [2.05, 4.69) is 175 Å². The summed E-state index contributed by atoms with van der Waals surface area (Å²) in [5.74, 6) is 1.91. The SMILES string of the molecule is c1ccc(-c2nc(-c3ccccc3)nc(-c3cccc(C4(c5ccc(N(c6ccccc6)c6ccc7ccccc7c6)cc5)c5ccccc5-c5ccccc54)c3)n2)cc1. The van der Waals surface area contributed by atoms with Crippen LogP contribution in [0.5, 0.6) is 0 Å². The fraction of sp³-hybridized carbons (Fsp3) is 0.0179. The minimum Gasteiger partial charge on any atom is -0.310 e. The number of hydrogen-bond donors (Lipinski definition) is 0. The smallest absolute Gasteiger partial charge is 0.164 e. The van der Waals surface area contributed by atoms with E-state index in [-0.39, 0.29) is 0 Å². The van der Waals surface area contributed by atoms with Gasteiger partial charge in [-0.1, -0.05) is 188 Å². The van der Waals surface area contributed by atoms with Gasteiger partial charge in [-0.2, -0.15) is 0 Å². The van der Waals surface area contributed by atoms with E-state index in [9.17, 15) is 0 Å². The maximum atomic E-state index is 5.13. The number of para-hydroxylation sites is 1. The van der Waals surface area contributed by atoms with Gasteiger partial charge in [0.2, 0.25) is 0 Å². The Hall–Kier alpha value is -7.95. The van der Waals surface area contributed by atoms with Gasteiger partial charge in [-0.25, -0.2) is 15.0 Å². The summed E-state index contributed by atoms with van der Waals surface area (Å²) in [6, 6.07) is 81.9. The highest BCUT2D eigenvalue weighted by Crippen LogP contribution is 2.56. The van der Waals surface area contributed by atoms with E-state index in [0.29, 0.717) is 17.5 Å². The maximum Gasteiger partial charge on any atom is 0.164 e. The van der Waals surface area contributed by atoms with Crippen molar-refractivity contribution in [2.45, 2.75) is 5.41 Å². The minimum atomic E-state index is -0.625. The lowest BCUT2D eigenvalue weighted by Crippen LogP contribution is -2.28. The van der Waals surface area contributed by atoms with Gasteiger partial charge in [-0.3, -0.25) is 0 Å². The minimum absolute atomic E-state index is 0.625. The summed E-state index contributed by atoms with van der Waals surface area (Å²) in [6.07, 6.45) is 0. The van der Waals surface area contributed by atoms with Crippen LogP contribution in [-0.4, -0.2) is 15.0 Å². The second kappa shape index (κ2) is 14.8. The molecule has 10 aromatic rings. The van der Waals surface area contributed by atoms with Gasteiger partial charge in [0.25, 0.3) is 0 Å². The Morgan fingerprint density at radius 1 is 0.300 bits per heavy atom. The summed E-state index contributed by atoms with van der Waals surface area (Å²) in [7, 11) is 0. The van der Waals surface area contributed by atoms with Crippen LogP contribution >= 0.6 is 0 Å². The molecule has 0 spiro atoms. The van der Waals surface area contributed by atoms with Gasteiger partial charge in [0.05, 0.1) is 5.41 Å². The van der Waals surface area contributed by atoms with Crippen molar-refractivity contribution >= 4 is 27.8 Å². The van der Waals surface area contributed by atoms with Crippen LogP contribution in [0.3, 0.4) is 0 Å². The maximum absolute atomic E-state index is 5.13. The number of nitrogens with zero attached hydrogens (tertiary/aromatic N) is 4. The molecule has 1 aliphatic carbocycles. The Labute approximate surface area is 349 Å². The monoisotopic (exact) mass is 766 g/mol. The average molecular weight is 767 g/mol. The van der Waals surface area contributed by atoms with Crippen LogP contribution in [0.1, 0.15) is 22.3 Å². The summed E-state index contributed by atoms with van der Waals surface area (Å²) in [5, 5.41) is 2.42. The van der Waals surface area contributed by atoms with Crippen LogP contribution in [0.4, 0.5) is 17.1 Å². The normalized spacial score (nSPS) is 12.5. The van der Waals surface area contributed by atoms with Gasteiger partial charge in [0.15, 0.2) is 17.5 Å². The van der Waals surface area contributed by atoms with E-state index in [1.54, 1.807) is 0 Å². The van der Waals surface area contributed by atoms with Crippen molar-refractivity contribution in [1.29, 1.82) is 0 Å². The van der Waals surface area contributed by atoms with Crippen molar-refractivity contribution in [3.63, 3.8) is 0 Å². The van der Waals surface area contributed by atoms with E-state index in [0.717, 1.165) is 39.3 Å². The zero-order chi connectivity index (χ0) is 39.9. The van der Waals surface area contributed by atoms with Gasteiger partial charge in [0.1, 0.15) is 0 Å². The molecule has 0 saturated carbocycles. The molecule has 0 N–H and O–H groups in total. The van der Waals surface area contributed by atoms with Crippen molar-refractivity contribution in [2.75, 3.05) is 4.90 Å². The molecule has 0 radical (unpaired) electrons.